The molecule has 146 valence electrons. The minimum absolute atomic E-state index is 0.155. The number of esters is 1. The van der Waals surface area contributed by atoms with E-state index >= 15 is 0 Å². The molecule has 1 aromatic carbocycles. The van der Waals surface area contributed by atoms with Crippen LogP contribution in [0.25, 0.3) is 5.69 Å². The molecule has 0 aliphatic heterocycles. The Hall–Kier alpha value is -2.83. The van der Waals surface area contributed by atoms with Crippen LogP contribution in [-0.4, -0.2) is 27.8 Å². The maximum Gasteiger partial charge on any atom is 0.305 e. The van der Waals surface area contributed by atoms with Gasteiger partial charge in [0.2, 0.25) is 5.91 Å². The topological polar surface area (TPSA) is 82.3 Å². The van der Waals surface area contributed by atoms with E-state index in [9.17, 15) is 14.4 Å². The summed E-state index contributed by atoms with van der Waals surface area (Å²) in [5.41, 5.74) is 1.37. The van der Waals surface area contributed by atoms with E-state index in [1.165, 1.54) is 4.68 Å². The fourth-order valence-electron chi connectivity index (χ4n) is 2.71. The van der Waals surface area contributed by atoms with E-state index < -0.39 is 0 Å². The van der Waals surface area contributed by atoms with Crippen LogP contribution < -0.4 is 10.9 Å². The Bertz CT molecular complexity index is 837. The molecule has 1 heterocycles. The highest BCUT2D eigenvalue weighted by molar-refractivity contribution is 5.91. The second-order valence-electron chi connectivity index (χ2n) is 6.41. The Balaban J connectivity index is 1.97. The van der Waals surface area contributed by atoms with Gasteiger partial charge in [0, 0.05) is 19.9 Å². The van der Waals surface area contributed by atoms with Crippen molar-refractivity contribution < 1.29 is 14.3 Å². The number of rotatable bonds is 9. The van der Waals surface area contributed by atoms with Crippen LogP contribution in [0, 0.1) is 6.92 Å². The molecule has 1 aromatic heterocycles. The van der Waals surface area contributed by atoms with E-state index in [2.05, 4.69) is 5.32 Å². The number of unbranched alkanes of at least 4 members (excludes halogenated alkanes) is 1. The summed E-state index contributed by atoms with van der Waals surface area (Å²) in [7, 11) is 1.77. The first kappa shape index (κ1) is 20.5. The van der Waals surface area contributed by atoms with Gasteiger partial charge in [0.1, 0.15) is 5.69 Å². The van der Waals surface area contributed by atoms with Crippen molar-refractivity contribution in [2.24, 2.45) is 7.05 Å². The van der Waals surface area contributed by atoms with Gasteiger partial charge in [-0.2, -0.15) is 0 Å². The largest absolute Gasteiger partial charge is 0.466 e. The Kier molecular flexibility index (Phi) is 7.40. The van der Waals surface area contributed by atoms with Gasteiger partial charge in [0.05, 0.1) is 18.0 Å². The average Bonchev–Trinajstić information content (AvgIpc) is 2.86. The molecule has 2 rings (SSSR count). The second kappa shape index (κ2) is 9.75. The SMILES string of the molecule is CCCCOC(=O)CCCC(=O)Nc1c(C)n(C)n(-c2ccccc2)c1=O. The van der Waals surface area contributed by atoms with E-state index in [4.69, 9.17) is 4.74 Å². The van der Waals surface area contributed by atoms with E-state index in [1.807, 2.05) is 37.3 Å². The molecule has 7 nitrogen and oxygen atoms in total. The predicted molar refractivity (Wildman–Crippen MR) is 104 cm³/mol. The van der Waals surface area contributed by atoms with Crippen LogP contribution in [0.15, 0.2) is 35.1 Å². The lowest BCUT2D eigenvalue weighted by Gasteiger charge is -2.07. The van der Waals surface area contributed by atoms with Gasteiger partial charge in [-0.25, -0.2) is 4.68 Å². The van der Waals surface area contributed by atoms with Gasteiger partial charge >= 0.3 is 5.97 Å². The van der Waals surface area contributed by atoms with Crippen molar-refractivity contribution in [1.82, 2.24) is 9.36 Å². The summed E-state index contributed by atoms with van der Waals surface area (Å²) in [5, 5.41) is 2.69. The monoisotopic (exact) mass is 373 g/mol. The molecule has 0 atom stereocenters. The predicted octanol–water partition coefficient (Wildman–Crippen LogP) is 2.94. The molecule has 0 unspecified atom stereocenters. The van der Waals surface area contributed by atoms with E-state index in [1.54, 1.807) is 18.7 Å². The molecule has 0 radical (unpaired) electrons. The number of benzene rings is 1. The van der Waals surface area contributed by atoms with Crippen LogP contribution >= 0.6 is 0 Å². The minimum Gasteiger partial charge on any atom is -0.466 e. The number of carbonyl (C=O) groups is 2. The number of ether oxygens (including phenoxy) is 1. The van der Waals surface area contributed by atoms with E-state index in [0.717, 1.165) is 18.5 Å². The normalized spacial score (nSPS) is 10.6. The van der Waals surface area contributed by atoms with Gasteiger partial charge in [-0.3, -0.25) is 19.1 Å². The highest BCUT2D eigenvalue weighted by atomic mass is 16.5. The summed E-state index contributed by atoms with van der Waals surface area (Å²) in [4.78, 5) is 36.5. The van der Waals surface area contributed by atoms with Gasteiger partial charge in [0.25, 0.3) is 5.56 Å². The first-order chi connectivity index (χ1) is 13.0. The second-order valence-corrected chi connectivity index (χ2v) is 6.41. The van der Waals surface area contributed by atoms with Crippen molar-refractivity contribution in [1.29, 1.82) is 0 Å². The number of nitrogens with one attached hydrogen (secondary N) is 1. The number of hydrogen-bond acceptors (Lipinski definition) is 4. The molecule has 0 saturated heterocycles. The highest BCUT2D eigenvalue weighted by Crippen LogP contribution is 2.14. The zero-order valence-corrected chi connectivity index (χ0v) is 16.2. The lowest BCUT2D eigenvalue weighted by Crippen LogP contribution is -2.22. The molecule has 1 N–H and O–H groups in total. The molecule has 0 aliphatic carbocycles. The van der Waals surface area contributed by atoms with Crippen molar-refractivity contribution in [2.75, 3.05) is 11.9 Å². The third kappa shape index (κ3) is 5.32. The number of hydrogen-bond donors (Lipinski definition) is 1. The van der Waals surface area contributed by atoms with Crippen molar-refractivity contribution in [2.45, 2.75) is 46.0 Å². The summed E-state index contributed by atoms with van der Waals surface area (Å²) in [6.45, 7) is 4.22. The Morgan fingerprint density at radius 1 is 1.11 bits per heavy atom. The fourth-order valence-corrected chi connectivity index (χ4v) is 2.71. The number of amides is 1. The summed E-state index contributed by atoms with van der Waals surface area (Å²) in [5.74, 6) is -0.582. The quantitative estimate of drug-likeness (QED) is 0.541. The van der Waals surface area contributed by atoms with Gasteiger partial charge in [-0.1, -0.05) is 31.5 Å². The summed E-state index contributed by atoms with van der Waals surface area (Å²) < 4.78 is 8.28. The van der Waals surface area contributed by atoms with Gasteiger partial charge in [-0.15, -0.1) is 0 Å². The first-order valence-electron chi connectivity index (χ1n) is 9.25. The number of anilines is 1. The molecule has 27 heavy (non-hydrogen) atoms. The summed E-state index contributed by atoms with van der Waals surface area (Å²) >= 11 is 0. The first-order valence-corrected chi connectivity index (χ1v) is 9.25. The number of carbonyl (C=O) groups excluding carboxylic acids is 2. The van der Waals surface area contributed by atoms with Crippen LogP contribution in [0.1, 0.15) is 44.7 Å². The number of nitrogens with zero attached hydrogens (tertiary/aromatic N) is 2. The lowest BCUT2D eigenvalue weighted by molar-refractivity contribution is -0.143. The summed E-state index contributed by atoms with van der Waals surface area (Å²) in [6.07, 6.45) is 2.54. The maximum atomic E-state index is 12.7. The van der Waals surface area contributed by atoms with Crippen molar-refractivity contribution in [3.8, 4) is 5.69 Å². The van der Waals surface area contributed by atoms with Gasteiger partial charge in [-0.05, 0) is 31.9 Å². The van der Waals surface area contributed by atoms with Gasteiger partial charge < -0.3 is 10.1 Å². The Labute approximate surface area is 158 Å². The van der Waals surface area contributed by atoms with Crippen LogP contribution in [-0.2, 0) is 21.4 Å². The molecule has 1 amide bonds. The van der Waals surface area contributed by atoms with Crippen LogP contribution in [0.5, 0.6) is 0 Å². The molecular formula is C20H27N3O4. The van der Waals surface area contributed by atoms with Crippen LogP contribution in [0.2, 0.25) is 0 Å². The van der Waals surface area contributed by atoms with Gasteiger partial charge in [0.15, 0.2) is 0 Å². The zero-order valence-electron chi connectivity index (χ0n) is 16.2. The van der Waals surface area contributed by atoms with E-state index in [0.29, 0.717) is 18.7 Å². The molecule has 7 heteroatoms. The lowest BCUT2D eigenvalue weighted by atomic mass is 10.2. The minimum atomic E-state index is -0.293. The standard InChI is InChI=1S/C20H27N3O4/c1-4-5-14-27-18(25)13-9-12-17(24)21-19-15(2)22(3)23(20(19)26)16-10-7-6-8-11-16/h6-8,10-11H,4-5,9,12-14H2,1-3H3,(H,21,24). The highest BCUT2D eigenvalue weighted by Gasteiger charge is 2.18. The Morgan fingerprint density at radius 3 is 2.48 bits per heavy atom. The molecule has 0 saturated carbocycles. The van der Waals surface area contributed by atoms with Crippen molar-refractivity contribution in [3.05, 3.63) is 46.4 Å². The van der Waals surface area contributed by atoms with Crippen molar-refractivity contribution >= 4 is 17.6 Å². The van der Waals surface area contributed by atoms with Crippen molar-refractivity contribution in [3.63, 3.8) is 0 Å². The van der Waals surface area contributed by atoms with E-state index in [-0.39, 0.29) is 36.0 Å². The van der Waals surface area contributed by atoms with Crippen LogP contribution in [0.4, 0.5) is 5.69 Å². The Morgan fingerprint density at radius 2 is 1.81 bits per heavy atom. The zero-order chi connectivity index (χ0) is 19.8. The fraction of sp³-hybridized carbons (Fsp3) is 0.450. The summed E-state index contributed by atoms with van der Waals surface area (Å²) in [6, 6.07) is 9.23. The third-order valence-electron chi connectivity index (χ3n) is 4.36. The smallest absolute Gasteiger partial charge is 0.305 e. The molecule has 2 aromatic rings. The van der Waals surface area contributed by atoms with Crippen LogP contribution in [0.3, 0.4) is 0 Å². The number of aromatic nitrogens is 2. The molecule has 0 fully saturated rings. The molecule has 0 spiro atoms. The third-order valence-corrected chi connectivity index (χ3v) is 4.36. The average molecular weight is 373 g/mol. The maximum absolute atomic E-state index is 12.7. The molecular weight excluding hydrogens is 346 g/mol. The molecule has 0 aliphatic rings. The molecule has 0 bridgehead atoms. The number of para-hydroxylation sites is 1.